The van der Waals surface area contributed by atoms with Crippen LogP contribution >= 0.6 is 0 Å². The molecular formula is C20H20FN3O2. The summed E-state index contributed by atoms with van der Waals surface area (Å²) >= 11 is 0. The lowest BCUT2D eigenvalue weighted by atomic mass is 9.96. The number of hydrogen-bond donors (Lipinski definition) is 1. The Balaban J connectivity index is 1.29. The van der Waals surface area contributed by atoms with Crippen LogP contribution in [0.3, 0.4) is 0 Å². The summed E-state index contributed by atoms with van der Waals surface area (Å²) < 4.78 is 25.1. The standard InChI is InChI=1S/C20H20FN3O2/c21-16-5-3-13(4-6-16)19-9-15-8-17(25-20(15)26-19)12-24-18(10-22)14-2-1-7-23-11-14/h1-7,11,15,17-20,24H,8-9,12H2. The highest BCUT2D eigenvalue weighted by molar-refractivity contribution is 5.21. The van der Waals surface area contributed by atoms with Crippen LogP contribution in [0.1, 0.15) is 36.1 Å². The average molecular weight is 353 g/mol. The third-order valence-electron chi connectivity index (χ3n) is 5.03. The molecule has 134 valence electrons. The summed E-state index contributed by atoms with van der Waals surface area (Å²) in [7, 11) is 0. The lowest BCUT2D eigenvalue weighted by Gasteiger charge is -2.18. The van der Waals surface area contributed by atoms with Crippen LogP contribution in [0.5, 0.6) is 0 Å². The van der Waals surface area contributed by atoms with E-state index in [2.05, 4.69) is 16.4 Å². The molecule has 5 atom stereocenters. The van der Waals surface area contributed by atoms with Gasteiger partial charge in [-0.2, -0.15) is 5.26 Å². The molecule has 2 aliphatic rings. The van der Waals surface area contributed by atoms with Gasteiger partial charge in [0.25, 0.3) is 0 Å². The summed E-state index contributed by atoms with van der Waals surface area (Å²) in [6, 6.07) is 12.0. The Morgan fingerprint density at radius 2 is 2.08 bits per heavy atom. The van der Waals surface area contributed by atoms with E-state index < -0.39 is 6.04 Å². The number of rotatable bonds is 5. The molecule has 1 N–H and O–H groups in total. The first-order valence-electron chi connectivity index (χ1n) is 8.82. The number of halogens is 1. The first kappa shape index (κ1) is 17.1. The number of benzene rings is 1. The van der Waals surface area contributed by atoms with Gasteiger partial charge in [0.15, 0.2) is 6.29 Å². The van der Waals surface area contributed by atoms with Crippen LogP contribution in [-0.2, 0) is 9.47 Å². The molecule has 1 aromatic heterocycles. The van der Waals surface area contributed by atoms with Crippen molar-refractivity contribution in [2.24, 2.45) is 5.92 Å². The molecule has 2 fully saturated rings. The normalized spacial score (nSPS) is 28.5. The number of nitrogens with one attached hydrogen (secondary N) is 1. The highest BCUT2D eigenvalue weighted by atomic mass is 19.1. The number of pyridine rings is 1. The maximum absolute atomic E-state index is 13.1. The summed E-state index contributed by atoms with van der Waals surface area (Å²) in [6.45, 7) is 0.588. The maximum atomic E-state index is 13.1. The van der Waals surface area contributed by atoms with E-state index in [9.17, 15) is 9.65 Å². The zero-order chi connectivity index (χ0) is 17.9. The molecule has 0 aliphatic carbocycles. The zero-order valence-electron chi connectivity index (χ0n) is 14.2. The minimum Gasteiger partial charge on any atom is -0.348 e. The minimum atomic E-state index is -0.402. The Labute approximate surface area is 151 Å². The molecule has 0 radical (unpaired) electrons. The maximum Gasteiger partial charge on any atom is 0.161 e. The largest absolute Gasteiger partial charge is 0.348 e. The second kappa shape index (κ2) is 7.50. The Bertz CT molecular complexity index is 764. The molecular weight excluding hydrogens is 333 g/mol. The van der Waals surface area contributed by atoms with Gasteiger partial charge >= 0.3 is 0 Å². The fourth-order valence-corrected chi connectivity index (χ4v) is 3.71. The van der Waals surface area contributed by atoms with Crippen molar-refractivity contribution in [3.05, 3.63) is 65.7 Å². The van der Waals surface area contributed by atoms with Gasteiger partial charge in [0, 0.05) is 30.4 Å². The fourth-order valence-electron chi connectivity index (χ4n) is 3.71. The fraction of sp³-hybridized carbons (Fsp3) is 0.400. The van der Waals surface area contributed by atoms with Gasteiger partial charge in [-0.25, -0.2) is 4.39 Å². The van der Waals surface area contributed by atoms with E-state index in [1.165, 1.54) is 12.1 Å². The summed E-state index contributed by atoms with van der Waals surface area (Å²) in [6.07, 6.45) is 4.90. The SMILES string of the molecule is N#CC(NCC1CC2CC(c3ccc(F)cc3)OC2O1)c1cccnc1. The van der Waals surface area contributed by atoms with Crippen LogP contribution < -0.4 is 5.32 Å². The van der Waals surface area contributed by atoms with Gasteiger partial charge in [-0.05, 0) is 36.6 Å². The van der Waals surface area contributed by atoms with Crippen molar-refractivity contribution < 1.29 is 13.9 Å². The van der Waals surface area contributed by atoms with Gasteiger partial charge in [0.2, 0.25) is 0 Å². The van der Waals surface area contributed by atoms with Crippen LogP contribution in [0.4, 0.5) is 4.39 Å². The molecule has 4 rings (SSSR count). The van der Waals surface area contributed by atoms with Crippen LogP contribution in [0.2, 0.25) is 0 Å². The van der Waals surface area contributed by atoms with Gasteiger partial charge in [0.05, 0.1) is 18.3 Å². The van der Waals surface area contributed by atoms with Gasteiger partial charge < -0.3 is 9.47 Å². The molecule has 26 heavy (non-hydrogen) atoms. The average Bonchev–Trinajstić information content (AvgIpc) is 3.22. The van der Waals surface area contributed by atoms with E-state index >= 15 is 0 Å². The summed E-state index contributed by atoms with van der Waals surface area (Å²) in [5.41, 5.74) is 1.83. The Morgan fingerprint density at radius 1 is 1.23 bits per heavy atom. The monoisotopic (exact) mass is 353 g/mol. The van der Waals surface area contributed by atoms with Crippen molar-refractivity contribution in [2.45, 2.75) is 37.4 Å². The first-order chi connectivity index (χ1) is 12.7. The van der Waals surface area contributed by atoms with Crippen molar-refractivity contribution >= 4 is 0 Å². The Kier molecular flexibility index (Phi) is 4.93. The highest BCUT2D eigenvalue weighted by Crippen LogP contribution is 2.44. The van der Waals surface area contributed by atoms with Crippen molar-refractivity contribution in [2.75, 3.05) is 6.54 Å². The quantitative estimate of drug-likeness (QED) is 0.894. The van der Waals surface area contributed by atoms with Gasteiger partial charge in [-0.15, -0.1) is 0 Å². The molecule has 5 nitrogen and oxygen atoms in total. The zero-order valence-corrected chi connectivity index (χ0v) is 14.2. The Hall–Kier alpha value is -2.33. The molecule has 2 saturated heterocycles. The van der Waals surface area contributed by atoms with Crippen molar-refractivity contribution in [3.8, 4) is 6.07 Å². The molecule has 3 heterocycles. The van der Waals surface area contributed by atoms with Gasteiger partial charge in [-0.3, -0.25) is 10.3 Å². The summed E-state index contributed by atoms with van der Waals surface area (Å²) in [5.74, 6) is 0.0887. The molecule has 5 unspecified atom stereocenters. The van der Waals surface area contributed by atoms with Crippen molar-refractivity contribution in [1.82, 2.24) is 10.3 Å². The van der Waals surface area contributed by atoms with E-state index in [0.29, 0.717) is 12.5 Å². The van der Waals surface area contributed by atoms with Crippen LogP contribution in [0.25, 0.3) is 0 Å². The molecule has 0 spiro atoms. The number of ether oxygens (including phenoxy) is 2. The van der Waals surface area contributed by atoms with Crippen LogP contribution in [0, 0.1) is 23.1 Å². The van der Waals surface area contributed by atoms with Gasteiger partial charge in [-0.1, -0.05) is 18.2 Å². The van der Waals surface area contributed by atoms with Crippen LogP contribution in [0.15, 0.2) is 48.8 Å². The molecule has 1 aromatic carbocycles. The van der Waals surface area contributed by atoms with Crippen molar-refractivity contribution in [1.29, 1.82) is 5.26 Å². The second-order valence-electron chi connectivity index (χ2n) is 6.79. The van der Waals surface area contributed by atoms with Crippen LogP contribution in [-0.4, -0.2) is 23.9 Å². The number of aromatic nitrogens is 1. The lowest BCUT2D eigenvalue weighted by molar-refractivity contribution is -0.139. The lowest BCUT2D eigenvalue weighted by Crippen LogP contribution is -2.30. The highest BCUT2D eigenvalue weighted by Gasteiger charge is 2.44. The van der Waals surface area contributed by atoms with Crippen molar-refractivity contribution in [3.63, 3.8) is 0 Å². The third-order valence-corrected chi connectivity index (χ3v) is 5.03. The first-order valence-corrected chi connectivity index (χ1v) is 8.82. The smallest absolute Gasteiger partial charge is 0.161 e. The Morgan fingerprint density at radius 3 is 2.77 bits per heavy atom. The number of fused-ring (bicyclic) bond motifs is 1. The predicted molar refractivity (Wildman–Crippen MR) is 92.2 cm³/mol. The number of nitrogens with zero attached hydrogens (tertiary/aromatic N) is 2. The molecule has 2 aromatic rings. The minimum absolute atomic E-state index is 0.0201. The molecule has 0 saturated carbocycles. The predicted octanol–water partition coefficient (Wildman–Crippen LogP) is 3.27. The second-order valence-corrected chi connectivity index (χ2v) is 6.79. The summed E-state index contributed by atoms with van der Waals surface area (Å²) in [5, 5.41) is 12.6. The molecule has 0 bridgehead atoms. The van der Waals surface area contributed by atoms with E-state index in [1.807, 2.05) is 12.1 Å². The number of nitriles is 1. The molecule has 2 aliphatic heterocycles. The summed E-state index contributed by atoms with van der Waals surface area (Å²) in [4.78, 5) is 4.06. The van der Waals surface area contributed by atoms with E-state index in [1.54, 1.807) is 24.5 Å². The molecule has 6 heteroatoms. The van der Waals surface area contributed by atoms with E-state index in [4.69, 9.17) is 9.47 Å². The molecule has 0 amide bonds. The number of hydrogen-bond acceptors (Lipinski definition) is 5. The third kappa shape index (κ3) is 3.61. The van der Waals surface area contributed by atoms with Gasteiger partial charge in [0.1, 0.15) is 11.9 Å². The topological polar surface area (TPSA) is 67.2 Å². The van der Waals surface area contributed by atoms with E-state index in [-0.39, 0.29) is 24.3 Å². The van der Waals surface area contributed by atoms with E-state index in [0.717, 1.165) is 24.0 Å².